The van der Waals surface area contributed by atoms with Gasteiger partial charge in [0.15, 0.2) is 0 Å². The van der Waals surface area contributed by atoms with Crippen molar-refractivity contribution in [2.45, 2.75) is 0 Å². The highest BCUT2D eigenvalue weighted by Gasteiger charge is 2.13. The Kier molecular flexibility index (Phi) is 4.11. The summed E-state index contributed by atoms with van der Waals surface area (Å²) in [5, 5.41) is 15.7. The minimum absolute atomic E-state index is 0.0207. The molecule has 2 aromatic carbocycles. The number of non-ortho nitro benzene ring substituents is 1. The summed E-state index contributed by atoms with van der Waals surface area (Å²) in [4.78, 5) is 26.6. The molecule has 3 rings (SSSR count). The zero-order valence-electron chi connectivity index (χ0n) is 11.8. The molecule has 0 atom stereocenters. The number of nitrogens with one attached hydrogen (secondary N) is 1. The van der Waals surface area contributed by atoms with E-state index in [-0.39, 0.29) is 11.6 Å². The summed E-state index contributed by atoms with van der Waals surface area (Å²) in [5.74, 6) is -0.291. The molecule has 3 aromatic rings. The molecule has 0 aliphatic carbocycles. The van der Waals surface area contributed by atoms with Crippen molar-refractivity contribution in [2.24, 2.45) is 0 Å². The molecule has 0 saturated carbocycles. The number of anilines is 1. The summed E-state index contributed by atoms with van der Waals surface area (Å²) in [6, 6.07) is 15.2. The van der Waals surface area contributed by atoms with Gasteiger partial charge in [0.05, 0.1) is 4.92 Å². The number of thiazole rings is 1. The first-order valence-electron chi connectivity index (χ1n) is 6.70. The summed E-state index contributed by atoms with van der Waals surface area (Å²) in [5.41, 5.74) is 1.77. The van der Waals surface area contributed by atoms with Crippen LogP contribution in [-0.2, 0) is 0 Å². The van der Waals surface area contributed by atoms with Crippen molar-refractivity contribution >= 4 is 28.6 Å². The Morgan fingerprint density at radius 1 is 1.09 bits per heavy atom. The fourth-order valence-corrected chi connectivity index (χ4v) is 2.76. The van der Waals surface area contributed by atoms with E-state index in [0.717, 1.165) is 5.56 Å². The summed E-state index contributed by atoms with van der Waals surface area (Å²) >= 11 is 1.31. The molecular weight excluding hydrogens is 314 g/mol. The van der Waals surface area contributed by atoms with Gasteiger partial charge >= 0.3 is 0 Å². The Hall–Kier alpha value is -3.06. The number of nitro groups is 1. The van der Waals surface area contributed by atoms with Crippen molar-refractivity contribution in [3.8, 4) is 10.6 Å². The van der Waals surface area contributed by atoms with E-state index < -0.39 is 4.92 Å². The number of nitrogens with zero attached hydrogens (tertiary/aromatic N) is 2. The quantitative estimate of drug-likeness (QED) is 0.581. The van der Waals surface area contributed by atoms with E-state index in [4.69, 9.17) is 0 Å². The highest BCUT2D eigenvalue weighted by molar-refractivity contribution is 7.13. The fraction of sp³-hybridized carbons (Fsp3) is 0. The van der Waals surface area contributed by atoms with Gasteiger partial charge in [0.1, 0.15) is 10.7 Å². The second-order valence-electron chi connectivity index (χ2n) is 4.66. The van der Waals surface area contributed by atoms with Crippen LogP contribution in [0.2, 0.25) is 0 Å². The molecule has 23 heavy (non-hydrogen) atoms. The van der Waals surface area contributed by atoms with Crippen LogP contribution >= 0.6 is 11.3 Å². The van der Waals surface area contributed by atoms with Gasteiger partial charge in [-0.25, -0.2) is 4.98 Å². The third-order valence-corrected chi connectivity index (χ3v) is 3.98. The Balaban J connectivity index is 1.77. The minimum Gasteiger partial charge on any atom is -0.321 e. The maximum absolute atomic E-state index is 12.1. The van der Waals surface area contributed by atoms with E-state index in [0.29, 0.717) is 16.4 Å². The van der Waals surface area contributed by atoms with Crippen LogP contribution < -0.4 is 5.32 Å². The zero-order chi connectivity index (χ0) is 16.2. The fourth-order valence-electron chi connectivity index (χ4n) is 1.95. The topological polar surface area (TPSA) is 85.1 Å². The van der Waals surface area contributed by atoms with Crippen molar-refractivity contribution in [1.82, 2.24) is 4.98 Å². The van der Waals surface area contributed by atoms with Gasteiger partial charge in [-0.1, -0.05) is 18.2 Å². The molecule has 0 aliphatic heterocycles. The summed E-state index contributed by atoms with van der Waals surface area (Å²) in [6.07, 6.45) is 0. The molecule has 0 radical (unpaired) electrons. The number of rotatable bonds is 4. The lowest BCUT2D eigenvalue weighted by Gasteiger charge is -2.01. The van der Waals surface area contributed by atoms with Crippen LogP contribution in [0.5, 0.6) is 0 Å². The molecule has 1 aromatic heterocycles. The van der Waals surface area contributed by atoms with Crippen LogP contribution in [0.25, 0.3) is 10.6 Å². The number of amides is 1. The summed E-state index contributed by atoms with van der Waals surface area (Å²) in [7, 11) is 0. The van der Waals surface area contributed by atoms with Gasteiger partial charge < -0.3 is 5.32 Å². The van der Waals surface area contributed by atoms with Crippen molar-refractivity contribution in [2.75, 3.05) is 5.32 Å². The molecule has 0 spiro atoms. The predicted molar refractivity (Wildman–Crippen MR) is 88.6 cm³/mol. The van der Waals surface area contributed by atoms with E-state index in [2.05, 4.69) is 10.3 Å². The normalized spacial score (nSPS) is 10.3. The van der Waals surface area contributed by atoms with Crippen molar-refractivity contribution in [1.29, 1.82) is 0 Å². The van der Waals surface area contributed by atoms with Crippen molar-refractivity contribution in [3.05, 3.63) is 75.8 Å². The van der Waals surface area contributed by atoms with Gasteiger partial charge in [0, 0.05) is 28.8 Å². The number of nitro benzene ring substituents is 1. The molecule has 7 heteroatoms. The van der Waals surface area contributed by atoms with Crippen LogP contribution in [0, 0.1) is 10.1 Å². The number of hydrogen-bond donors (Lipinski definition) is 1. The molecule has 0 fully saturated rings. The van der Waals surface area contributed by atoms with Crippen LogP contribution in [0.1, 0.15) is 10.5 Å². The highest BCUT2D eigenvalue weighted by Crippen LogP contribution is 2.26. The van der Waals surface area contributed by atoms with E-state index >= 15 is 0 Å². The minimum atomic E-state index is -0.454. The lowest BCUT2D eigenvalue weighted by molar-refractivity contribution is -0.384. The molecule has 0 bridgehead atoms. The first-order chi connectivity index (χ1) is 11.1. The first kappa shape index (κ1) is 14.9. The highest BCUT2D eigenvalue weighted by atomic mass is 32.1. The average Bonchev–Trinajstić information content (AvgIpc) is 3.06. The maximum atomic E-state index is 12.1. The molecule has 6 nitrogen and oxygen atoms in total. The number of para-hydroxylation sites is 1. The van der Waals surface area contributed by atoms with Gasteiger partial charge in [-0.15, -0.1) is 11.3 Å². The average molecular weight is 325 g/mol. The predicted octanol–water partition coefficient (Wildman–Crippen LogP) is 3.97. The molecule has 0 unspecified atom stereocenters. The number of carbonyl (C=O) groups is 1. The van der Waals surface area contributed by atoms with Gasteiger partial charge in [-0.05, 0) is 24.3 Å². The largest absolute Gasteiger partial charge is 0.321 e. The molecule has 1 amide bonds. The Morgan fingerprint density at radius 2 is 1.78 bits per heavy atom. The number of carbonyl (C=O) groups excluding carboxylic acids is 1. The molecular formula is C16H11N3O3S. The molecule has 0 saturated heterocycles. The number of benzene rings is 2. The van der Waals surface area contributed by atoms with Crippen LogP contribution in [0.3, 0.4) is 0 Å². The standard InChI is InChI=1S/C16H11N3O3S/c20-15(17-12-4-2-1-3-5-12)14-10-23-16(18-14)11-6-8-13(9-7-11)19(21)22/h1-10H,(H,17,20). The van der Waals surface area contributed by atoms with Crippen LogP contribution in [-0.4, -0.2) is 15.8 Å². The summed E-state index contributed by atoms with van der Waals surface area (Å²) < 4.78 is 0. The van der Waals surface area contributed by atoms with Gasteiger partial charge in [0.2, 0.25) is 0 Å². The maximum Gasteiger partial charge on any atom is 0.275 e. The van der Waals surface area contributed by atoms with E-state index in [1.807, 2.05) is 18.2 Å². The third kappa shape index (κ3) is 3.41. The Bertz CT molecular complexity index is 845. The second-order valence-corrected chi connectivity index (χ2v) is 5.52. The van der Waals surface area contributed by atoms with E-state index in [1.165, 1.54) is 23.5 Å². The molecule has 0 aliphatic rings. The number of aromatic nitrogens is 1. The Morgan fingerprint density at radius 3 is 2.43 bits per heavy atom. The van der Waals surface area contributed by atoms with Crippen molar-refractivity contribution in [3.63, 3.8) is 0 Å². The zero-order valence-corrected chi connectivity index (χ0v) is 12.6. The SMILES string of the molecule is O=C(Nc1ccccc1)c1csc(-c2ccc([N+](=O)[O-])cc2)n1. The van der Waals surface area contributed by atoms with Gasteiger partial charge in [-0.3, -0.25) is 14.9 Å². The van der Waals surface area contributed by atoms with Crippen LogP contribution in [0.15, 0.2) is 60.0 Å². The van der Waals surface area contributed by atoms with Gasteiger partial charge in [0.25, 0.3) is 11.6 Å². The van der Waals surface area contributed by atoms with E-state index in [9.17, 15) is 14.9 Å². The Labute approximate surface area is 135 Å². The van der Waals surface area contributed by atoms with Crippen LogP contribution in [0.4, 0.5) is 11.4 Å². The van der Waals surface area contributed by atoms with Crippen molar-refractivity contribution < 1.29 is 9.72 Å². The monoisotopic (exact) mass is 325 g/mol. The lowest BCUT2D eigenvalue weighted by atomic mass is 10.2. The second kappa shape index (κ2) is 6.37. The lowest BCUT2D eigenvalue weighted by Crippen LogP contribution is -2.12. The first-order valence-corrected chi connectivity index (χ1v) is 7.58. The molecule has 1 heterocycles. The number of hydrogen-bond acceptors (Lipinski definition) is 5. The summed E-state index contributed by atoms with van der Waals surface area (Å²) in [6.45, 7) is 0. The third-order valence-electron chi connectivity index (χ3n) is 3.09. The smallest absolute Gasteiger partial charge is 0.275 e. The molecule has 114 valence electrons. The van der Waals surface area contributed by atoms with E-state index in [1.54, 1.807) is 29.6 Å². The van der Waals surface area contributed by atoms with Gasteiger partial charge in [-0.2, -0.15) is 0 Å². The molecule has 1 N–H and O–H groups in total.